The number of amides is 1. The fourth-order valence-corrected chi connectivity index (χ4v) is 5.87. The van der Waals surface area contributed by atoms with Gasteiger partial charge in [0.25, 0.3) is 0 Å². The fraction of sp³-hybridized carbons (Fsp3) is 0.276. The van der Waals surface area contributed by atoms with Gasteiger partial charge in [-0.25, -0.2) is 0 Å². The molecule has 2 N–H and O–H groups in total. The Labute approximate surface area is 205 Å². The number of hydrogen-bond acceptors (Lipinski definition) is 5. The quantitative estimate of drug-likeness (QED) is 0.680. The number of anilines is 2. The minimum Gasteiger partial charge on any atom is -0.384 e. The molecule has 1 amide bonds. The lowest BCUT2D eigenvalue weighted by Gasteiger charge is -2.47. The van der Waals surface area contributed by atoms with Crippen LogP contribution in [0.3, 0.4) is 0 Å². The maximum Gasteiger partial charge on any atom is 0.248 e. The molecule has 0 saturated carbocycles. The van der Waals surface area contributed by atoms with Crippen molar-refractivity contribution in [1.29, 1.82) is 5.26 Å². The van der Waals surface area contributed by atoms with Gasteiger partial charge in [-0.2, -0.15) is 5.26 Å². The third kappa shape index (κ3) is 2.97. The number of ketones is 1. The first-order valence-corrected chi connectivity index (χ1v) is 11.6. The summed E-state index contributed by atoms with van der Waals surface area (Å²) in [4.78, 5) is 31.5. The molecule has 1 spiro atoms. The molecule has 1 atom stereocenters. The highest BCUT2D eigenvalue weighted by Gasteiger charge is 2.63. The van der Waals surface area contributed by atoms with Gasteiger partial charge < -0.3 is 5.73 Å². The van der Waals surface area contributed by atoms with Crippen molar-refractivity contribution in [1.82, 2.24) is 0 Å². The summed E-state index contributed by atoms with van der Waals surface area (Å²) in [5.41, 5.74) is 8.82. The lowest BCUT2D eigenvalue weighted by molar-refractivity contribution is -0.125. The summed E-state index contributed by atoms with van der Waals surface area (Å²) in [7, 11) is 0. The molecule has 2 aromatic rings. The van der Waals surface area contributed by atoms with Gasteiger partial charge in [0.15, 0.2) is 5.78 Å². The van der Waals surface area contributed by atoms with Crippen molar-refractivity contribution in [3.8, 4) is 18.4 Å². The SMILES string of the molecule is C#CCN1C(=O)[C@@]2(C(C#N)=C(N)N(c3cccc(C)c3)C3=C2C(=O)CC(C)(C)C3)c2ccccc21. The van der Waals surface area contributed by atoms with Gasteiger partial charge in [-0.1, -0.05) is 50.1 Å². The van der Waals surface area contributed by atoms with Crippen LogP contribution in [0.5, 0.6) is 0 Å². The van der Waals surface area contributed by atoms with Crippen LogP contribution in [0.4, 0.5) is 11.4 Å². The van der Waals surface area contributed by atoms with Crippen LogP contribution < -0.4 is 15.5 Å². The van der Waals surface area contributed by atoms with Crippen LogP contribution in [-0.2, 0) is 15.0 Å². The number of hydrogen-bond donors (Lipinski definition) is 1. The molecule has 6 nitrogen and oxygen atoms in total. The van der Waals surface area contributed by atoms with Gasteiger partial charge in [0, 0.05) is 34.6 Å². The molecule has 2 aromatic carbocycles. The number of allylic oxidation sites excluding steroid dienone is 1. The van der Waals surface area contributed by atoms with Gasteiger partial charge in [0.05, 0.1) is 12.1 Å². The minimum atomic E-state index is -1.62. The Morgan fingerprint density at radius 3 is 2.54 bits per heavy atom. The molecule has 174 valence electrons. The number of carbonyl (C=O) groups excluding carboxylic acids is 2. The largest absolute Gasteiger partial charge is 0.384 e. The van der Waals surface area contributed by atoms with Gasteiger partial charge in [-0.3, -0.25) is 19.4 Å². The molecule has 0 aromatic heterocycles. The van der Waals surface area contributed by atoms with E-state index in [1.165, 1.54) is 4.90 Å². The van der Waals surface area contributed by atoms with Crippen molar-refractivity contribution in [3.63, 3.8) is 0 Å². The molecule has 0 saturated heterocycles. The fourth-order valence-electron chi connectivity index (χ4n) is 5.87. The smallest absolute Gasteiger partial charge is 0.248 e. The molecular weight excluding hydrogens is 436 g/mol. The molecule has 35 heavy (non-hydrogen) atoms. The summed E-state index contributed by atoms with van der Waals surface area (Å²) >= 11 is 0. The average Bonchev–Trinajstić information content (AvgIpc) is 3.02. The number of para-hydroxylation sites is 1. The predicted octanol–water partition coefficient (Wildman–Crippen LogP) is 4.07. The Bertz CT molecular complexity index is 1450. The van der Waals surface area contributed by atoms with E-state index in [1.54, 1.807) is 17.0 Å². The Hall–Kier alpha value is -4.29. The molecule has 0 bridgehead atoms. The molecule has 0 unspecified atom stereocenters. The zero-order chi connectivity index (χ0) is 25.1. The van der Waals surface area contributed by atoms with Crippen molar-refractivity contribution in [3.05, 3.63) is 82.3 Å². The number of nitrogens with two attached hydrogens (primary N) is 1. The van der Waals surface area contributed by atoms with Gasteiger partial charge in [0.1, 0.15) is 17.3 Å². The van der Waals surface area contributed by atoms with Crippen LogP contribution in [0.2, 0.25) is 0 Å². The molecule has 5 rings (SSSR count). The second-order valence-electron chi connectivity index (χ2n) is 10.2. The Kier molecular flexibility index (Phi) is 4.90. The van der Waals surface area contributed by atoms with Crippen molar-refractivity contribution in [2.24, 2.45) is 11.1 Å². The topological polar surface area (TPSA) is 90.4 Å². The van der Waals surface area contributed by atoms with Gasteiger partial charge in [0.2, 0.25) is 5.91 Å². The maximum atomic E-state index is 14.3. The van der Waals surface area contributed by atoms with Crippen LogP contribution in [-0.4, -0.2) is 18.2 Å². The zero-order valence-corrected chi connectivity index (χ0v) is 20.1. The summed E-state index contributed by atoms with van der Waals surface area (Å²) in [6, 6.07) is 17.2. The average molecular weight is 463 g/mol. The second-order valence-corrected chi connectivity index (χ2v) is 10.2. The van der Waals surface area contributed by atoms with Crippen molar-refractivity contribution in [2.75, 3.05) is 16.3 Å². The zero-order valence-electron chi connectivity index (χ0n) is 20.1. The summed E-state index contributed by atoms with van der Waals surface area (Å²) in [5.74, 6) is 2.15. The van der Waals surface area contributed by atoms with Crippen LogP contribution in [0, 0.1) is 36.0 Å². The monoisotopic (exact) mass is 462 g/mol. The van der Waals surface area contributed by atoms with Gasteiger partial charge in [-0.05, 0) is 42.5 Å². The van der Waals surface area contributed by atoms with Crippen LogP contribution in [0.25, 0.3) is 0 Å². The van der Waals surface area contributed by atoms with Crippen LogP contribution >= 0.6 is 0 Å². The highest BCUT2D eigenvalue weighted by atomic mass is 16.2. The predicted molar refractivity (Wildman–Crippen MR) is 135 cm³/mol. The van der Waals surface area contributed by atoms with Gasteiger partial charge in [-0.15, -0.1) is 6.42 Å². The first-order valence-electron chi connectivity index (χ1n) is 11.6. The first-order chi connectivity index (χ1) is 16.7. The summed E-state index contributed by atoms with van der Waals surface area (Å²) in [5, 5.41) is 10.5. The van der Waals surface area contributed by atoms with E-state index in [0.717, 1.165) is 11.3 Å². The molecule has 1 aliphatic carbocycles. The number of fused-ring (bicyclic) bond motifs is 3. The van der Waals surface area contributed by atoms with E-state index in [9.17, 15) is 14.9 Å². The number of aryl methyl sites for hydroxylation is 1. The van der Waals surface area contributed by atoms with E-state index in [2.05, 4.69) is 12.0 Å². The van der Waals surface area contributed by atoms with Gasteiger partial charge >= 0.3 is 0 Å². The highest BCUT2D eigenvalue weighted by molar-refractivity contribution is 6.21. The van der Waals surface area contributed by atoms with Crippen molar-refractivity contribution >= 4 is 23.1 Å². The molecule has 6 heteroatoms. The summed E-state index contributed by atoms with van der Waals surface area (Å²) in [6.45, 7) is 6.06. The first kappa shape index (κ1) is 22.5. The normalized spacial score (nSPS) is 22.8. The number of benzene rings is 2. The van der Waals surface area contributed by atoms with Crippen LogP contribution in [0.1, 0.15) is 37.8 Å². The van der Waals surface area contributed by atoms with E-state index < -0.39 is 11.3 Å². The number of rotatable bonds is 2. The molecule has 0 fully saturated rings. The van der Waals surface area contributed by atoms with E-state index in [-0.39, 0.29) is 35.6 Å². The highest BCUT2D eigenvalue weighted by Crippen LogP contribution is 2.58. The number of terminal acetylenes is 1. The maximum absolute atomic E-state index is 14.3. The molecule has 2 heterocycles. The van der Waals surface area contributed by atoms with Crippen molar-refractivity contribution in [2.45, 2.75) is 39.0 Å². The summed E-state index contributed by atoms with van der Waals surface area (Å²) < 4.78 is 0. The standard InChI is InChI=1S/C29H26N4O2/c1-5-13-32-22-12-7-6-11-20(22)29(27(32)35)21(17-30)26(31)33(19-10-8-9-18(2)14-19)23-15-28(3,4)16-24(34)25(23)29/h1,6-12,14H,13,15-16,31H2,2-4H3/t29-/m1/s1. The lowest BCUT2D eigenvalue weighted by atomic mass is 9.60. The van der Waals surface area contributed by atoms with Crippen molar-refractivity contribution < 1.29 is 9.59 Å². The third-order valence-corrected chi connectivity index (χ3v) is 7.16. The molecule has 3 aliphatic rings. The number of Topliss-reactive ketones (excluding diaryl/α,β-unsaturated/α-hetero) is 1. The third-order valence-electron chi connectivity index (χ3n) is 7.16. The van der Waals surface area contributed by atoms with E-state index >= 15 is 0 Å². The van der Waals surface area contributed by atoms with E-state index in [4.69, 9.17) is 12.2 Å². The minimum absolute atomic E-state index is 0.0279. The number of carbonyl (C=O) groups is 2. The number of nitriles is 1. The molecular formula is C29H26N4O2. The Balaban J connectivity index is 1.92. The summed E-state index contributed by atoms with van der Waals surface area (Å²) in [6.07, 6.45) is 6.40. The van der Waals surface area contributed by atoms with Crippen LogP contribution in [0.15, 0.2) is 71.2 Å². The Morgan fingerprint density at radius 2 is 1.86 bits per heavy atom. The number of nitrogens with zero attached hydrogens (tertiary/aromatic N) is 3. The molecule has 2 aliphatic heterocycles. The Morgan fingerprint density at radius 1 is 1.11 bits per heavy atom. The van der Waals surface area contributed by atoms with E-state index in [1.807, 2.05) is 57.2 Å². The lowest BCUT2D eigenvalue weighted by Crippen LogP contribution is -2.53. The second kappa shape index (κ2) is 7.61. The van der Waals surface area contributed by atoms with E-state index in [0.29, 0.717) is 28.9 Å². The molecule has 0 radical (unpaired) electrons.